The van der Waals surface area contributed by atoms with Gasteiger partial charge in [0.15, 0.2) is 5.76 Å². The first kappa shape index (κ1) is 17.9. The zero-order chi connectivity index (χ0) is 19.5. The van der Waals surface area contributed by atoms with Gasteiger partial charge in [0, 0.05) is 53.9 Å². The van der Waals surface area contributed by atoms with E-state index in [4.69, 9.17) is 4.42 Å². The molecule has 1 aromatic carbocycles. The molecule has 0 radical (unpaired) electrons. The zero-order valence-electron chi connectivity index (χ0n) is 15.7. The molecular formula is C22H20N4O2. The molecule has 0 bridgehead atoms. The normalized spacial score (nSPS) is 11.1. The quantitative estimate of drug-likeness (QED) is 0.521. The van der Waals surface area contributed by atoms with E-state index >= 15 is 0 Å². The van der Waals surface area contributed by atoms with Crippen molar-refractivity contribution in [3.63, 3.8) is 0 Å². The Morgan fingerprint density at radius 1 is 1.00 bits per heavy atom. The topological polar surface area (TPSA) is 72.1 Å². The first-order valence-electron chi connectivity index (χ1n) is 9.10. The summed E-state index contributed by atoms with van der Waals surface area (Å²) >= 11 is 0. The summed E-state index contributed by atoms with van der Waals surface area (Å²) < 4.78 is 5.77. The molecule has 6 heteroatoms. The summed E-state index contributed by atoms with van der Waals surface area (Å²) in [7, 11) is 0. The summed E-state index contributed by atoms with van der Waals surface area (Å²) in [4.78, 5) is 27.3. The number of aromatic nitrogens is 3. The van der Waals surface area contributed by atoms with E-state index in [1.54, 1.807) is 35.8 Å². The van der Waals surface area contributed by atoms with Gasteiger partial charge in [-0.3, -0.25) is 9.78 Å². The van der Waals surface area contributed by atoms with Gasteiger partial charge in [-0.25, -0.2) is 9.97 Å². The van der Waals surface area contributed by atoms with Gasteiger partial charge in [-0.1, -0.05) is 18.2 Å². The molecule has 0 aliphatic heterocycles. The summed E-state index contributed by atoms with van der Waals surface area (Å²) in [6.45, 7) is 4.41. The fourth-order valence-corrected chi connectivity index (χ4v) is 3.09. The summed E-state index contributed by atoms with van der Waals surface area (Å²) in [6.07, 6.45) is 8.52. The Kier molecular flexibility index (Phi) is 4.85. The highest BCUT2D eigenvalue weighted by Gasteiger charge is 2.23. The van der Waals surface area contributed by atoms with Crippen LogP contribution in [-0.2, 0) is 6.54 Å². The number of nitrogens with zero attached hydrogens (tertiary/aromatic N) is 4. The average Bonchev–Trinajstić information content (AvgIpc) is 3.16. The Hall–Kier alpha value is -3.54. The highest BCUT2D eigenvalue weighted by atomic mass is 16.3. The third-order valence-corrected chi connectivity index (χ3v) is 4.56. The van der Waals surface area contributed by atoms with Crippen molar-refractivity contribution in [3.8, 4) is 11.1 Å². The second kappa shape index (κ2) is 7.60. The number of hydrogen-bond acceptors (Lipinski definition) is 5. The van der Waals surface area contributed by atoms with E-state index in [-0.39, 0.29) is 11.9 Å². The molecule has 6 nitrogen and oxygen atoms in total. The van der Waals surface area contributed by atoms with Crippen LogP contribution < -0.4 is 0 Å². The van der Waals surface area contributed by atoms with E-state index < -0.39 is 0 Å². The van der Waals surface area contributed by atoms with Gasteiger partial charge in [0.2, 0.25) is 0 Å². The lowest BCUT2D eigenvalue weighted by atomic mass is 10.1. The summed E-state index contributed by atoms with van der Waals surface area (Å²) in [5, 5.41) is 0.919. The molecule has 0 N–H and O–H groups in total. The van der Waals surface area contributed by atoms with E-state index in [1.165, 1.54) is 6.33 Å². The maximum Gasteiger partial charge on any atom is 0.290 e. The van der Waals surface area contributed by atoms with Crippen molar-refractivity contribution in [2.75, 3.05) is 0 Å². The molecule has 0 unspecified atom stereocenters. The van der Waals surface area contributed by atoms with Gasteiger partial charge in [-0.05, 0) is 37.6 Å². The van der Waals surface area contributed by atoms with Crippen LogP contribution in [0.25, 0.3) is 22.1 Å². The lowest BCUT2D eigenvalue weighted by Gasteiger charge is -2.26. The molecule has 0 spiro atoms. The van der Waals surface area contributed by atoms with Crippen LogP contribution in [0.2, 0.25) is 0 Å². The summed E-state index contributed by atoms with van der Waals surface area (Å²) in [5.74, 6) is 0.204. The molecule has 0 aliphatic rings. The van der Waals surface area contributed by atoms with Gasteiger partial charge in [0.1, 0.15) is 11.9 Å². The van der Waals surface area contributed by atoms with Crippen molar-refractivity contribution < 1.29 is 9.21 Å². The number of benzene rings is 1. The van der Waals surface area contributed by atoms with Crippen LogP contribution in [-0.4, -0.2) is 31.8 Å². The second-order valence-corrected chi connectivity index (χ2v) is 6.88. The minimum Gasteiger partial charge on any atom is -0.451 e. The van der Waals surface area contributed by atoms with Crippen LogP contribution in [0.3, 0.4) is 0 Å². The number of para-hydroxylation sites is 1. The molecular weight excluding hydrogens is 352 g/mol. The van der Waals surface area contributed by atoms with E-state index in [2.05, 4.69) is 15.0 Å². The Bertz CT molecular complexity index is 1070. The minimum absolute atomic E-state index is 0.00410. The van der Waals surface area contributed by atoms with Crippen LogP contribution >= 0.6 is 0 Å². The standard InChI is InChI=1S/C22H20N4O2/c1-15(2)26(22(27)21-8-17-5-3-4-6-20(17)28-21)13-16-7-18(10-23-9-16)19-11-24-14-25-12-19/h3-12,14-15H,13H2,1-2H3. The molecule has 3 heterocycles. The Morgan fingerprint density at radius 2 is 1.75 bits per heavy atom. The second-order valence-electron chi connectivity index (χ2n) is 6.88. The lowest BCUT2D eigenvalue weighted by Crippen LogP contribution is -2.36. The monoisotopic (exact) mass is 372 g/mol. The van der Waals surface area contributed by atoms with Crippen molar-refractivity contribution in [3.05, 3.63) is 78.8 Å². The van der Waals surface area contributed by atoms with Gasteiger partial charge in [0.25, 0.3) is 5.91 Å². The average molecular weight is 372 g/mol. The number of hydrogen-bond donors (Lipinski definition) is 0. The van der Waals surface area contributed by atoms with Crippen molar-refractivity contribution in [2.45, 2.75) is 26.4 Å². The summed E-state index contributed by atoms with van der Waals surface area (Å²) in [6, 6.07) is 11.4. The maximum absolute atomic E-state index is 13.1. The van der Waals surface area contributed by atoms with Gasteiger partial charge < -0.3 is 9.32 Å². The fourth-order valence-electron chi connectivity index (χ4n) is 3.09. The van der Waals surface area contributed by atoms with E-state index in [9.17, 15) is 4.79 Å². The molecule has 4 rings (SSSR count). The van der Waals surface area contributed by atoms with Crippen LogP contribution in [0.1, 0.15) is 30.0 Å². The first-order chi connectivity index (χ1) is 13.6. The molecule has 0 fully saturated rings. The molecule has 0 aliphatic carbocycles. The SMILES string of the molecule is CC(C)N(Cc1cncc(-c2cncnc2)c1)C(=O)c1cc2ccccc2o1. The molecule has 28 heavy (non-hydrogen) atoms. The molecule has 0 saturated carbocycles. The van der Waals surface area contributed by atoms with E-state index in [0.29, 0.717) is 17.9 Å². The Labute approximate surface area is 162 Å². The van der Waals surface area contributed by atoms with Crippen molar-refractivity contribution in [2.24, 2.45) is 0 Å². The number of furan rings is 1. The Morgan fingerprint density at radius 3 is 2.50 bits per heavy atom. The lowest BCUT2D eigenvalue weighted by molar-refractivity contribution is 0.0660. The van der Waals surface area contributed by atoms with Gasteiger partial charge in [-0.2, -0.15) is 0 Å². The number of pyridine rings is 1. The van der Waals surface area contributed by atoms with Crippen molar-refractivity contribution in [1.29, 1.82) is 0 Å². The number of rotatable bonds is 5. The molecule has 140 valence electrons. The molecule has 3 aromatic heterocycles. The van der Waals surface area contributed by atoms with E-state index in [1.807, 2.05) is 44.2 Å². The largest absolute Gasteiger partial charge is 0.451 e. The third-order valence-electron chi connectivity index (χ3n) is 4.56. The number of carbonyl (C=O) groups is 1. The van der Waals surface area contributed by atoms with Gasteiger partial charge >= 0.3 is 0 Å². The highest BCUT2D eigenvalue weighted by molar-refractivity contribution is 5.96. The first-order valence-corrected chi connectivity index (χ1v) is 9.10. The highest BCUT2D eigenvalue weighted by Crippen LogP contribution is 2.23. The fraction of sp³-hybridized carbons (Fsp3) is 0.182. The Balaban J connectivity index is 1.61. The molecule has 0 saturated heterocycles. The number of amides is 1. The third kappa shape index (κ3) is 3.62. The predicted molar refractivity (Wildman–Crippen MR) is 106 cm³/mol. The summed E-state index contributed by atoms with van der Waals surface area (Å²) in [5.41, 5.74) is 3.44. The van der Waals surface area contributed by atoms with Crippen LogP contribution in [0.4, 0.5) is 0 Å². The predicted octanol–water partition coefficient (Wildman–Crippen LogP) is 4.34. The zero-order valence-corrected chi connectivity index (χ0v) is 15.7. The molecule has 1 amide bonds. The van der Waals surface area contributed by atoms with E-state index in [0.717, 1.165) is 22.1 Å². The van der Waals surface area contributed by atoms with Crippen molar-refractivity contribution in [1.82, 2.24) is 19.9 Å². The van der Waals surface area contributed by atoms with Gasteiger partial charge in [-0.15, -0.1) is 0 Å². The number of carbonyl (C=O) groups excluding carboxylic acids is 1. The van der Waals surface area contributed by atoms with Crippen LogP contribution in [0.5, 0.6) is 0 Å². The van der Waals surface area contributed by atoms with Crippen LogP contribution in [0, 0.1) is 0 Å². The van der Waals surface area contributed by atoms with Crippen molar-refractivity contribution >= 4 is 16.9 Å². The maximum atomic E-state index is 13.1. The molecule has 4 aromatic rings. The van der Waals surface area contributed by atoms with Crippen LogP contribution in [0.15, 0.2) is 71.9 Å². The van der Waals surface area contributed by atoms with Gasteiger partial charge in [0.05, 0.1) is 0 Å². The molecule has 0 atom stereocenters. The smallest absolute Gasteiger partial charge is 0.290 e. The minimum atomic E-state index is -0.139. The number of fused-ring (bicyclic) bond motifs is 1.